The first-order chi connectivity index (χ1) is 14.8. The zero-order valence-electron chi connectivity index (χ0n) is 19.6. The molecule has 178 valence electrons. The molecule has 1 aromatic rings. The second kappa shape index (κ2) is 11.4. The summed E-state index contributed by atoms with van der Waals surface area (Å²) < 4.78 is 9.70. The van der Waals surface area contributed by atoms with Crippen molar-refractivity contribution in [3.05, 3.63) is 29.3 Å². The fraction of sp³-hybridized carbons (Fsp3) is 0.545. The average molecular weight is 452 g/mol. The number of alkyl carbamates (subject to hydrolysis) is 1. The number of hydrogen-bond acceptors (Lipinski definition) is 7. The van der Waals surface area contributed by atoms with E-state index in [1.54, 1.807) is 47.6 Å². The Morgan fingerprint density at radius 1 is 1.09 bits per heavy atom. The van der Waals surface area contributed by atoms with Crippen molar-refractivity contribution >= 4 is 23.9 Å². The Hall–Kier alpha value is -3.30. The molecule has 0 aromatic heterocycles. The number of ether oxygens (including phenoxy) is 2. The quantitative estimate of drug-likeness (QED) is 0.513. The van der Waals surface area contributed by atoms with Crippen LogP contribution in [0.1, 0.15) is 51.8 Å². The number of nitrogens with one attached hydrogen (secondary N) is 2. The molecule has 10 heteroatoms. The summed E-state index contributed by atoms with van der Waals surface area (Å²) in [6, 6.07) is 2.97. The fourth-order valence-electron chi connectivity index (χ4n) is 2.90. The standard InChI is InChI=1S/C22H33N3O7/c1-13(2)25(17(27)11-24-21(30)32-22(4,5)6)19(20(29)23-12-18(28)31-7)15-8-9-16(26)14(3)10-15/h8-10,13,19,26H,11-12H2,1-7H3,(H,23,29)(H,24,30). The average Bonchev–Trinajstić information content (AvgIpc) is 2.68. The molecule has 0 aliphatic heterocycles. The van der Waals surface area contributed by atoms with Crippen molar-refractivity contribution < 1.29 is 33.8 Å². The van der Waals surface area contributed by atoms with Crippen LogP contribution in [0.15, 0.2) is 18.2 Å². The molecule has 1 aromatic carbocycles. The molecule has 0 radical (unpaired) electrons. The second-order valence-corrected chi connectivity index (χ2v) is 8.49. The van der Waals surface area contributed by atoms with Crippen molar-refractivity contribution in [2.45, 2.75) is 59.2 Å². The number of rotatable bonds is 8. The number of esters is 1. The van der Waals surface area contributed by atoms with Gasteiger partial charge >= 0.3 is 12.1 Å². The number of phenolic OH excluding ortho intramolecular Hbond substituents is 1. The van der Waals surface area contributed by atoms with E-state index >= 15 is 0 Å². The molecule has 0 saturated heterocycles. The Morgan fingerprint density at radius 2 is 1.72 bits per heavy atom. The van der Waals surface area contributed by atoms with Gasteiger partial charge in [-0.3, -0.25) is 14.4 Å². The summed E-state index contributed by atoms with van der Waals surface area (Å²) in [5.41, 5.74) is 0.211. The Balaban J connectivity index is 3.21. The minimum absolute atomic E-state index is 0.0384. The highest BCUT2D eigenvalue weighted by Crippen LogP contribution is 2.28. The molecular weight excluding hydrogens is 418 g/mol. The van der Waals surface area contributed by atoms with Crippen LogP contribution in [0.5, 0.6) is 5.75 Å². The third kappa shape index (κ3) is 8.09. The van der Waals surface area contributed by atoms with Crippen molar-refractivity contribution in [3.8, 4) is 5.75 Å². The van der Waals surface area contributed by atoms with Crippen LogP contribution < -0.4 is 10.6 Å². The summed E-state index contributed by atoms with van der Waals surface area (Å²) in [4.78, 5) is 50.9. The molecule has 0 aliphatic rings. The Bertz CT molecular complexity index is 846. The SMILES string of the molecule is COC(=O)CNC(=O)C(c1ccc(O)c(C)c1)N(C(=O)CNC(=O)OC(C)(C)C)C(C)C. The first kappa shape index (κ1) is 26.7. The zero-order chi connectivity index (χ0) is 24.6. The van der Waals surface area contributed by atoms with Gasteiger partial charge in [0.1, 0.15) is 30.5 Å². The smallest absolute Gasteiger partial charge is 0.408 e. The number of benzene rings is 1. The van der Waals surface area contributed by atoms with Gasteiger partial charge in [-0.05, 0) is 64.8 Å². The highest BCUT2D eigenvalue weighted by Gasteiger charge is 2.34. The zero-order valence-corrected chi connectivity index (χ0v) is 19.6. The Morgan fingerprint density at radius 3 is 2.22 bits per heavy atom. The largest absolute Gasteiger partial charge is 0.508 e. The molecule has 1 atom stereocenters. The maximum absolute atomic E-state index is 13.1. The maximum atomic E-state index is 13.1. The van der Waals surface area contributed by atoms with E-state index in [4.69, 9.17) is 4.74 Å². The van der Waals surface area contributed by atoms with E-state index in [1.165, 1.54) is 24.1 Å². The molecule has 10 nitrogen and oxygen atoms in total. The number of aryl methyl sites for hydroxylation is 1. The number of amides is 3. The van der Waals surface area contributed by atoms with Gasteiger partial charge in [0.05, 0.1) is 7.11 Å². The van der Waals surface area contributed by atoms with E-state index in [9.17, 15) is 24.3 Å². The number of phenols is 1. The van der Waals surface area contributed by atoms with Crippen LogP contribution in [0, 0.1) is 6.92 Å². The third-order valence-corrected chi connectivity index (χ3v) is 4.32. The number of methoxy groups -OCH3 is 1. The van der Waals surface area contributed by atoms with Gasteiger partial charge in [0.25, 0.3) is 0 Å². The fourth-order valence-corrected chi connectivity index (χ4v) is 2.90. The van der Waals surface area contributed by atoms with Crippen LogP contribution >= 0.6 is 0 Å². The summed E-state index contributed by atoms with van der Waals surface area (Å²) in [5, 5.41) is 14.7. The van der Waals surface area contributed by atoms with Gasteiger partial charge in [-0.15, -0.1) is 0 Å². The molecule has 1 rings (SSSR count). The summed E-state index contributed by atoms with van der Waals surface area (Å²) in [7, 11) is 1.20. The maximum Gasteiger partial charge on any atom is 0.408 e. The first-order valence-corrected chi connectivity index (χ1v) is 10.2. The van der Waals surface area contributed by atoms with Crippen LogP contribution in [-0.2, 0) is 23.9 Å². The minimum Gasteiger partial charge on any atom is -0.508 e. The molecule has 3 amide bonds. The van der Waals surface area contributed by atoms with E-state index < -0.39 is 48.1 Å². The monoisotopic (exact) mass is 451 g/mol. The van der Waals surface area contributed by atoms with Crippen molar-refractivity contribution in [2.24, 2.45) is 0 Å². The van der Waals surface area contributed by atoms with E-state index in [1.807, 2.05) is 0 Å². The highest BCUT2D eigenvalue weighted by atomic mass is 16.6. The van der Waals surface area contributed by atoms with Gasteiger partial charge < -0.3 is 30.1 Å². The molecule has 0 aliphatic carbocycles. The predicted octanol–water partition coefficient (Wildman–Crippen LogP) is 1.79. The Kier molecular flexibility index (Phi) is 9.49. The summed E-state index contributed by atoms with van der Waals surface area (Å²) in [6.07, 6.45) is -0.762. The molecular formula is C22H33N3O7. The third-order valence-electron chi connectivity index (χ3n) is 4.32. The van der Waals surface area contributed by atoms with Crippen molar-refractivity contribution in [1.29, 1.82) is 0 Å². The molecule has 3 N–H and O–H groups in total. The van der Waals surface area contributed by atoms with Crippen molar-refractivity contribution in [3.63, 3.8) is 0 Å². The molecule has 0 bridgehead atoms. The van der Waals surface area contributed by atoms with Gasteiger partial charge in [-0.1, -0.05) is 6.07 Å². The van der Waals surface area contributed by atoms with Crippen LogP contribution in [-0.4, -0.2) is 65.7 Å². The van der Waals surface area contributed by atoms with E-state index in [0.29, 0.717) is 11.1 Å². The highest BCUT2D eigenvalue weighted by molar-refractivity contribution is 5.92. The topological polar surface area (TPSA) is 134 Å². The first-order valence-electron chi connectivity index (χ1n) is 10.2. The summed E-state index contributed by atoms with van der Waals surface area (Å²) in [6.45, 7) is 9.42. The molecule has 1 unspecified atom stereocenters. The molecule has 0 spiro atoms. The number of aromatic hydroxyl groups is 1. The summed E-state index contributed by atoms with van der Waals surface area (Å²) >= 11 is 0. The van der Waals surface area contributed by atoms with Gasteiger partial charge in [0, 0.05) is 6.04 Å². The Labute approximate surface area is 188 Å². The van der Waals surface area contributed by atoms with E-state index in [2.05, 4.69) is 15.4 Å². The lowest BCUT2D eigenvalue weighted by Gasteiger charge is -2.35. The van der Waals surface area contributed by atoms with Crippen LogP contribution in [0.3, 0.4) is 0 Å². The lowest BCUT2D eigenvalue weighted by Crippen LogP contribution is -2.51. The van der Waals surface area contributed by atoms with Gasteiger partial charge in [-0.25, -0.2) is 4.79 Å². The number of carbonyl (C=O) groups excluding carboxylic acids is 4. The van der Waals surface area contributed by atoms with Gasteiger partial charge in [-0.2, -0.15) is 0 Å². The number of nitrogens with zero attached hydrogens (tertiary/aromatic N) is 1. The lowest BCUT2D eigenvalue weighted by atomic mass is 10.00. The number of carbonyl (C=O) groups is 4. The van der Waals surface area contributed by atoms with Crippen molar-refractivity contribution in [1.82, 2.24) is 15.5 Å². The van der Waals surface area contributed by atoms with E-state index in [-0.39, 0.29) is 12.3 Å². The second-order valence-electron chi connectivity index (χ2n) is 8.49. The minimum atomic E-state index is -1.12. The molecule has 32 heavy (non-hydrogen) atoms. The number of hydrogen-bond donors (Lipinski definition) is 3. The van der Waals surface area contributed by atoms with Crippen molar-refractivity contribution in [2.75, 3.05) is 20.2 Å². The van der Waals surface area contributed by atoms with Crippen LogP contribution in [0.25, 0.3) is 0 Å². The molecule has 0 saturated carbocycles. The van der Waals surface area contributed by atoms with E-state index in [0.717, 1.165) is 0 Å². The van der Waals surface area contributed by atoms with Gasteiger partial charge in [0.2, 0.25) is 11.8 Å². The van der Waals surface area contributed by atoms with Crippen LogP contribution in [0.4, 0.5) is 4.79 Å². The molecule has 0 fully saturated rings. The summed E-state index contributed by atoms with van der Waals surface area (Å²) in [5.74, 6) is -1.75. The predicted molar refractivity (Wildman–Crippen MR) is 117 cm³/mol. The van der Waals surface area contributed by atoms with Crippen LogP contribution in [0.2, 0.25) is 0 Å². The normalized spacial score (nSPS) is 12.0. The molecule has 0 heterocycles. The van der Waals surface area contributed by atoms with Gasteiger partial charge in [0.15, 0.2) is 0 Å². The lowest BCUT2D eigenvalue weighted by molar-refractivity contribution is -0.144.